The molecule has 0 aliphatic carbocycles. The second-order valence-corrected chi connectivity index (χ2v) is 10.3. The number of aromatic nitrogens is 4. The molecule has 0 bridgehead atoms. The van der Waals surface area contributed by atoms with Gasteiger partial charge in [0.1, 0.15) is 29.0 Å². The molecule has 0 radical (unpaired) electrons. The van der Waals surface area contributed by atoms with Gasteiger partial charge in [-0.15, -0.1) is 0 Å². The predicted molar refractivity (Wildman–Crippen MR) is 152 cm³/mol. The highest BCUT2D eigenvalue weighted by Crippen LogP contribution is 2.33. The molecule has 6 rings (SSSR count). The van der Waals surface area contributed by atoms with Crippen LogP contribution in [0.2, 0.25) is 0 Å². The van der Waals surface area contributed by atoms with E-state index in [0.29, 0.717) is 51.3 Å². The van der Waals surface area contributed by atoms with Gasteiger partial charge in [-0.2, -0.15) is 8.42 Å². The highest BCUT2D eigenvalue weighted by molar-refractivity contribution is 7.85. The molecule has 0 aliphatic rings. The van der Waals surface area contributed by atoms with Crippen molar-refractivity contribution in [3.8, 4) is 11.1 Å². The molecule has 208 valence electrons. The van der Waals surface area contributed by atoms with E-state index in [1.54, 1.807) is 54.9 Å². The van der Waals surface area contributed by atoms with Gasteiger partial charge in [0, 0.05) is 0 Å². The molecular formula is C29H24FN5O5S. The Bertz CT molecular complexity index is 1990. The molecule has 0 saturated heterocycles. The van der Waals surface area contributed by atoms with E-state index in [4.69, 9.17) is 8.97 Å². The molecule has 41 heavy (non-hydrogen) atoms. The number of nitrogens with one attached hydrogen (secondary N) is 2. The summed E-state index contributed by atoms with van der Waals surface area (Å²) in [5.41, 5.74) is 2.22. The number of halogens is 1. The second-order valence-electron chi connectivity index (χ2n) is 8.89. The van der Waals surface area contributed by atoms with E-state index in [0.717, 1.165) is 0 Å². The Labute approximate surface area is 233 Å². The standard InChI is InChI=1S/C23H18FN5O2.C6H6O3S/c1-2-16(29-23-19-22(26-11-25-19)27-12-28-23)21-18(13-6-5-7-14(24)10-13)20(30)15-8-3-4-9-17(15)31-21;7-10(8,9)6-4-2-1-3-5-6/h3-12,16H,2H2,1H3,(H2,25,26,27,28,29);1-5H,(H,7,8,9)/t16-;/m0./s1. The lowest BCUT2D eigenvalue weighted by Gasteiger charge is -2.20. The van der Waals surface area contributed by atoms with Crippen molar-refractivity contribution >= 4 is 38.1 Å². The molecule has 3 aromatic carbocycles. The molecule has 0 aliphatic heterocycles. The van der Waals surface area contributed by atoms with E-state index in [1.165, 1.54) is 30.6 Å². The van der Waals surface area contributed by atoms with Gasteiger partial charge < -0.3 is 14.7 Å². The zero-order valence-electron chi connectivity index (χ0n) is 21.7. The van der Waals surface area contributed by atoms with Gasteiger partial charge >= 0.3 is 0 Å². The van der Waals surface area contributed by atoms with Crippen LogP contribution in [0.25, 0.3) is 33.3 Å². The van der Waals surface area contributed by atoms with Crippen LogP contribution >= 0.6 is 0 Å². The quantitative estimate of drug-likeness (QED) is 0.211. The van der Waals surface area contributed by atoms with E-state index in [-0.39, 0.29) is 10.3 Å². The minimum absolute atomic E-state index is 0.0741. The van der Waals surface area contributed by atoms with Gasteiger partial charge in [0.05, 0.1) is 28.2 Å². The number of imidazole rings is 1. The van der Waals surface area contributed by atoms with Crippen LogP contribution in [0.1, 0.15) is 25.1 Å². The van der Waals surface area contributed by atoms with E-state index >= 15 is 0 Å². The fourth-order valence-electron chi connectivity index (χ4n) is 4.31. The number of fused-ring (bicyclic) bond motifs is 2. The van der Waals surface area contributed by atoms with Gasteiger partial charge in [-0.3, -0.25) is 9.35 Å². The summed E-state index contributed by atoms with van der Waals surface area (Å²) in [6, 6.07) is 20.0. The third kappa shape index (κ3) is 5.98. The SMILES string of the molecule is CC[C@H](Nc1ncnc2nc[nH]c12)c1oc2ccccc2c(=O)c1-c1cccc(F)c1.O=S(=O)(O)c1ccccc1. The van der Waals surface area contributed by atoms with Crippen LogP contribution in [0, 0.1) is 5.82 Å². The van der Waals surface area contributed by atoms with Crippen LogP contribution in [0.4, 0.5) is 10.2 Å². The summed E-state index contributed by atoms with van der Waals surface area (Å²) in [6.45, 7) is 1.97. The highest BCUT2D eigenvalue weighted by Gasteiger charge is 2.24. The van der Waals surface area contributed by atoms with Crippen LogP contribution in [0.15, 0.2) is 106 Å². The summed E-state index contributed by atoms with van der Waals surface area (Å²) in [7, 11) is -4.00. The van der Waals surface area contributed by atoms with E-state index in [1.807, 2.05) is 13.0 Å². The Morgan fingerprint density at radius 2 is 1.76 bits per heavy atom. The molecule has 0 spiro atoms. The third-order valence-electron chi connectivity index (χ3n) is 6.24. The van der Waals surface area contributed by atoms with Crippen molar-refractivity contribution < 1.29 is 21.8 Å². The van der Waals surface area contributed by atoms with Crippen LogP contribution in [0.3, 0.4) is 0 Å². The maximum atomic E-state index is 14.0. The van der Waals surface area contributed by atoms with Crippen molar-refractivity contribution in [2.75, 3.05) is 5.32 Å². The Balaban J connectivity index is 0.000000287. The first-order chi connectivity index (χ1) is 19.8. The molecule has 6 aromatic rings. The number of aromatic amines is 1. The Hall–Kier alpha value is -4.94. The molecule has 3 N–H and O–H groups in total. The Morgan fingerprint density at radius 3 is 2.46 bits per heavy atom. The average Bonchev–Trinajstić information content (AvgIpc) is 3.46. The molecule has 10 nitrogen and oxygen atoms in total. The van der Waals surface area contributed by atoms with E-state index in [9.17, 15) is 17.6 Å². The normalized spacial score (nSPS) is 12.1. The van der Waals surface area contributed by atoms with Gasteiger partial charge in [-0.1, -0.05) is 49.4 Å². The Kier molecular flexibility index (Phi) is 7.86. The molecule has 1 atom stereocenters. The molecule has 3 heterocycles. The number of benzene rings is 3. The van der Waals surface area contributed by atoms with Crippen LogP contribution in [-0.4, -0.2) is 32.9 Å². The van der Waals surface area contributed by atoms with Gasteiger partial charge in [0.2, 0.25) is 5.43 Å². The molecular weight excluding hydrogens is 549 g/mol. The first-order valence-corrected chi connectivity index (χ1v) is 13.9. The minimum atomic E-state index is -4.00. The Morgan fingerprint density at radius 1 is 1.00 bits per heavy atom. The fraction of sp³-hybridized carbons (Fsp3) is 0.103. The minimum Gasteiger partial charge on any atom is -0.458 e. The average molecular weight is 574 g/mol. The van der Waals surface area contributed by atoms with E-state index in [2.05, 4.69) is 25.3 Å². The summed E-state index contributed by atoms with van der Waals surface area (Å²) in [4.78, 5) is 29.0. The van der Waals surface area contributed by atoms with Gasteiger partial charge in [-0.05, 0) is 48.4 Å². The zero-order valence-corrected chi connectivity index (χ0v) is 22.5. The van der Waals surface area contributed by atoms with Crippen molar-refractivity contribution in [1.29, 1.82) is 0 Å². The van der Waals surface area contributed by atoms with Gasteiger partial charge in [0.25, 0.3) is 10.1 Å². The number of rotatable bonds is 6. The molecule has 0 unspecified atom stereocenters. The van der Waals surface area contributed by atoms with E-state index < -0.39 is 22.0 Å². The fourth-order valence-corrected chi connectivity index (χ4v) is 4.81. The van der Waals surface area contributed by atoms with Crippen LogP contribution in [-0.2, 0) is 10.1 Å². The summed E-state index contributed by atoms with van der Waals surface area (Å²) < 4.78 is 49.5. The maximum Gasteiger partial charge on any atom is 0.294 e. The lowest BCUT2D eigenvalue weighted by Crippen LogP contribution is -2.17. The molecule has 0 fully saturated rings. The molecule has 12 heteroatoms. The van der Waals surface area contributed by atoms with Crippen LogP contribution < -0.4 is 10.7 Å². The molecule has 0 amide bonds. The first-order valence-electron chi connectivity index (χ1n) is 12.5. The number of H-pyrrole nitrogens is 1. The number of hydrogen-bond acceptors (Lipinski definition) is 8. The summed E-state index contributed by atoms with van der Waals surface area (Å²) in [5, 5.41) is 3.78. The molecule has 3 aromatic heterocycles. The number of nitrogens with zero attached hydrogens (tertiary/aromatic N) is 3. The number of para-hydroxylation sites is 1. The smallest absolute Gasteiger partial charge is 0.294 e. The largest absolute Gasteiger partial charge is 0.458 e. The van der Waals surface area contributed by atoms with Gasteiger partial charge in [-0.25, -0.2) is 19.3 Å². The second kappa shape index (κ2) is 11.7. The molecule has 0 saturated carbocycles. The first kappa shape index (κ1) is 27.6. The lowest BCUT2D eigenvalue weighted by atomic mass is 9.97. The van der Waals surface area contributed by atoms with Crippen molar-refractivity contribution in [1.82, 2.24) is 19.9 Å². The van der Waals surface area contributed by atoms with Crippen molar-refractivity contribution in [2.24, 2.45) is 0 Å². The monoisotopic (exact) mass is 573 g/mol. The lowest BCUT2D eigenvalue weighted by molar-refractivity contribution is 0.483. The summed E-state index contributed by atoms with van der Waals surface area (Å²) >= 11 is 0. The zero-order chi connectivity index (χ0) is 29.0. The third-order valence-corrected chi connectivity index (χ3v) is 7.11. The van der Waals surface area contributed by atoms with Crippen molar-refractivity contribution in [2.45, 2.75) is 24.3 Å². The van der Waals surface area contributed by atoms with Crippen molar-refractivity contribution in [3.05, 3.63) is 113 Å². The predicted octanol–water partition coefficient (Wildman–Crippen LogP) is 5.76. The number of anilines is 1. The summed E-state index contributed by atoms with van der Waals surface area (Å²) in [5.74, 6) is 0.533. The maximum absolute atomic E-state index is 14.0. The topological polar surface area (TPSA) is 151 Å². The van der Waals surface area contributed by atoms with Crippen molar-refractivity contribution in [3.63, 3.8) is 0 Å². The van der Waals surface area contributed by atoms with Gasteiger partial charge in [0.15, 0.2) is 11.5 Å². The highest BCUT2D eigenvalue weighted by atomic mass is 32.2. The van der Waals surface area contributed by atoms with Crippen LogP contribution in [0.5, 0.6) is 0 Å². The number of hydrogen-bond donors (Lipinski definition) is 3. The summed E-state index contributed by atoms with van der Waals surface area (Å²) in [6.07, 6.45) is 3.55.